The highest BCUT2D eigenvalue weighted by molar-refractivity contribution is 4.79. The third-order valence-electron chi connectivity index (χ3n) is 3.57. The molecule has 1 aliphatic heterocycles. The van der Waals surface area contributed by atoms with E-state index in [0.29, 0.717) is 12.6 Å². The molecular weight excluding hydrogens is 218 g/mol. The van der Waals surface area contributed by atoms with Crippen molar-refractivity contribution in [2.75, 3.05) is 45.9 Å². The maximum Gasteiger partial charge on any atom is 0.0897 e. The fourth-order valence-corrected chi connectivity index (χ4v) is 2.50. The molecule has 0 amide bonds. The van der Waals surface area contributed by atoms with Gasteiger partial charge in [0.1, 0.15) is 0 Å². The monoisotopic (exact) mass is 245 g/mol. The van der Waals surface area contributed by atoms with Gasteiger partial charge in [-0.25, -0.2) is 0 Å². The first-order chi connectivity index (χ1) is 8.21. The molecule has 0 radical (unpaired) electrons. The molecule has 0 saturated carbocycles. The number of aliphatic hydroxyl groups is 2. The second-order valence-corrected chi connectivity index (χ2v) is 4.81. The first kappa shape index (κ1) is 14.9. The lowest BCUT2D eigenvalue weighted by molar-refractivity contribution is 0.0298. The highest BCUT2D eigenvalue weighted by Crippen LogP contribution is 2.12. The average molecular weight is 245 g/mol. The molecule has 1 rings (SSSR count). The van der Waals surface area contributed by atoms with Crippen LogP contribution in [0.1, 0.15) is 19.8 Å². The molecule has 2 unspecified atom stereocenters. The fraction of sp³-hybridized carbons (Fsp3) is 1.00. The lowest BCUT2D eigenvalue weighted by Crippen LogP contribution is -2.52. The molecule has 0 aromatic heterocycles. The van der Waals surface area contributed by atoms with E-state index in [1.165, 1.54) is 0 Å². The Balaban J connectivity index is 2.29. The van der Waals surface area contributed by atoms with Crippen LogP contribution < -0.4 is 5.73 Å². The van der Waals surface area contributed by atoms with Gasteiger partial charge in [0.25, 0.3) is 0 Å². The first-order valence-corrected chi connectivity index (χ1v) is 6.66. The number of aliphatic hydroxyl groups excluding tert-OH is 2. The number of hydrogen-bond acceptors (Lipinski definition) is 5. The summed E-state index contributed by atoms with van der Waals surface area (Å²) < 4.78 is 0. The van der Waals surface area contributed by atoms with Gasteiger partial charge in [0.05, 0.1) is 12.7 Å². The molecule has 102 valence electrons. The minimum Gasteiger partial charge on any atom is -0.394 e. The number of β-amino-alcohol motifs (C(OH)–C–C–N with tert-alkyl or cyclic N) is 1. The Morgan fingerprint density at radius 3 is 2.35 bits per heavy atom. The van der Waals surface area contributed by atoms with Gasteiger partial charge < -0.3 is 15.9 Å². The normalized spacial score (nSPS) is 22.6. The second kappa shape index (κ2) is 8.00. The van der Waals surface area contributed by atoms with Crippen molar-refractivity contribution in [3.05, 3.63) is 0 Å². The minimum atomic E-state index is -0.604. The molecule has 1 fully saturated rings. The van der Waals surface area contributed by atoms with Crippen molar-refractivity contribution < 1.29 is 10.2 Å². The number of hydrogen-bond donors (Lipinski definition) is 3. The third kappa shape index (κ3) is 4.89. The van der Waals surface area contributed by atoms with Gasteiger partial charge in [-0.3, -0.25) is 9.80 Å². The highest BCUT2D eigenvalue weighted by Gasteiger charge is 2.23. The van der Waals surface area contributed by atoms with Crippen LogP contribution in [0.3, 0.4) is 0 Å². The van der Waals surface area contributed by atoms with Crippen molar-refractivity contribution >= 4 is 0 Å². The van der Waals surface area contributed by atoms with Crippen LogP contribution in [0.4, 0.5) is 0 Å². The second-order valence-electron chi connectivity index (χ2n) is 4.81. The zero-order valence-corrected chi connectivity index (χ0v) is 10.9. The zero-order chi connectivity index (χ0) is 12.7. The third-order valence-corrected chi connectivity index (χ3v) is 3.57. The lowest BCUT2D eigenvalue weighted by atomic mass is 10.1. The number of piperazine rings is 1. The Hall–Kier alpha value is -0.200. The number of rotatable bonds is 7. The van der Waals surface area contributed by atoms with Crippen molar-refractivity contribution in [2.24, 2.45) is 5.73 Å². The molecule has 0 aromatic carbocycles. The van der Waals surface area contributed by atoms with E-state index in [4.69, 9.17) is 10.8 Å². The summed E-state index contributed by atoms with van der Waals surface area (Å²) in [4.78, 5) is 4.71. The van der Waals surface area contributed by atoms with Crippen LogP contribution in [0.15, 0.2) is 0 Å². The van der Waals surface area contributed by atoms with Crippen LogP contribution in [0.25, 0.3) is 0 Å². The van der Waals surface area contributed by atoms with Gasteiger partial charge in [0, 0.05) is 38.8 Å². The summed E-state index contributed by atoms with van der Waals surface area (Å²) >= 11 is 0. The van der Waals surface area contributed by atoms with Gasteiger partial charge in [-0.1, -0.05) is 6.92 Å². The standard InChI is InChI=1S/C12H27N3O2/c1-2-11(3-4-13)15-7-5-14(6-8-15)9-12(17)10-16/h11-12,16-17H,2-10,13H2,1H3. The van der Waals surface area contributed by atoms with E-state index >= 15 is 0 Å². The van der Waals surface area contributed by atoms with Crippen molar-refractivity contribution in [3.8, 4) is 0 Å². The van der Waals surface area contributed by atoms with Gasteiger partial charge >= 0.3 is 0 Å². The van der Waals surface area contributed by atoms with Gasteiger partial charge in [0.2, 0.25) is 0 Å². The molecule has 1 heterocycles. The Labute approximate surface area is 104 Å². The Morgan fingerprint density at radius 1 is 1.24 bits per heavy atom. The molecule has 17 heavy (non-hydrogen) atoms. The maximum atomic E-state index is 9.39. The Bertz CT molecular complexity index is 196. The number of nitrogens with zero attached hydrogens (tertiary/aromatic N) is 2. The molecule has 4 N–H and O–H groups in total. The summed E-state index contributed by atoms with van der Waals surface area (Å²) in [6.45, 7) is 7.41. The molecule has 1 aliphatic rings. The molecule has 0 spiro atoms. The quantitative estimate of drug-likeness (QED) is 0.541. The van der Waals surface area contributed by atoms with E-state index in [9.17, 15) is 5.11 Å². The predicted molar refractivity (Wildman–Crippen MR) is 68.9 cm³/mol. The van der Waals surface area contributed by atoms with Crippen LogP contribution in [0.5, 0.6) is 0 Å². The van der Waals surface area contributed by atoms with Crippen LogP contribution in [-0.2, 0) is 0 Å². The van der Waals surface area contributed by atoms with Crippen LogP contribution in [0.2, 0.25) is 0 Å². The lowest BCUT2D eigenvalue weighted by Gasteiger charge is -2.39. The van der Waals surface area contributed by atoms with Crippen LogP contribution >= 0.6 is 0 Å². The Morgan fingerprint density at radius 2 is 1.88 bits per heavy atom. The highest BCUT2D eigenvalue weighted by atomic mass is 16.3. The molecule has 0 bridgehead atoms. The average Bonchev–Trinajstić information content (AvgIpc) is 2.37. The summed E-state index contributed by atoms with van der Waals surface area (Å²) in [5.41, 5.74) is 5.62. The summed E-state index contributed by atoms with van der Waals surface area (Å²) in [6.07, 6.45) is 1.61. The van der Waals surface area contributed by atoms with E-state index in [1.54, 1.807) is 0 Å². The molecule has 0 aromatic rings. The maximum absolute atomic E-state index is 9.39. The minimum absolute atomic E-state index is 0.148. The SMILES string of the molecule is CCC(CCN)N1CCN(CC(O)CO)CC1. The molecule has 5 heteroatoms. The van der Waals surface area contributed by atoms with Crippen LogP contribution in [-0.4, -0.2) is 78.0 Å². The molecular formula is C12H27N3O2. The first-order valence-electron chi connectivity index (χ1n) is 6.66. The summed E-state index contributed by atoms with van der Waals surface area (Å²) in [7, 11) is 0. The summed E-state index contributed by atoms with van der Waals surface area (Å²) in [5.74, 6) is 0. The van der Waals surface area contributed by atoms with Crippen molar-refractivity contribution in [3.63, 3.8) is 0 Å². The van der Waals surface area contributed by atoms with Gasteiger partial charge in [-0.2, -0.15) is 0 Å². The van der Waals surface area contributed by atoms with E-state index in [2.05, 4.69) is 16.7 Å². The van der Waals surface area contributed by atoms with E-state index in [1.807, 2.05) is 0 Å². The number of nitrogens with two attached hydrogens (primary N) is 1. The molecule has 0 aliphatic carbocycles. The summed E-state index contributed by atoms with van der Waals surface area (Å²) in [5, 5.41) is 18.2. The van der Waals surface area contributed by atoms with Crippen molar-refractivity contribution in [2.45, 2.75) is 31.9 Å². The largest absolute Gasteiger partial charge is 0.394 e. The van der Waals surface area contributed by atoms with Gasteiger partial charge in [-0.05, 0) is 19.4 Å². The molecule has 2 atom stereocenters. The predicted octanol–water partition coefficient (Wildman–Crippen LogP) is -0.915. The fourth-order valence-electron chi connectivity index (χ4n) is 2.50. The summed E-state index contributed by atoms with van der Waals surface area (Å²) in [6, 6.07) is 0.602. The zero-order valence-electron chi connectivity index (χ0n) is 10.9. The Kier molecular flexibility index (Phi) is 6.99. The van der Waals surface area contributed by atoms with Crippen molar-refractivity contribution in [1.29, 1.82) is 0 Å². The topological polar surface area (TPSA) is 73.0 Å². The van der Waals surface area contributed by atoms with Gasteiger partial charge in [0.15, 0.2) is 0 Å². The van der Waals surface area contributed by atoms with Crippen LogP contribution in [0, 0.1) is 0 Å². The van der Waals surface area contributed by atoms with Gasteiger partial charge in [-0.15, -0.1) is 0 Å². The van der Waals surface area contributed by atoms with E-state index in [0.717, 1.165) is 45.6 Å². The van der Waals surface area contributed by atoms with E-state index in [-0.39, 0.29) is 6.61 Å². The molecule has 5 nitrogen and oxygen atoms in total. The molecule has 1 saturated heterocycles. The smallest absolute Gasteiger partial charge is 0.0897 e. The van der Waals surface area contributed by atoms with E-state index < -0.39 is 6.10 Å². The van der Waals surface area contributed by atoms with Crippen molar-refractivity contribution in [1.82, 2.24) is 9.80 Å².